The number of esters is 1. The molecule has 0 spiro atoms. The maximum absolute atomic E-state index is 13.2. The summed E-state index contributed by atoms with van der Waals surface area (Å²) in [6.07, 6.45) is 26.2. The number of carbonyl (C=O) groups is 6. The molecule has 2 atom stereocenters. The summed E-state index contributed by atoms with van der Waals surface area (Å²) < 4.78 is 5.25. The van der Waals surface area contributed by atoms with Crippen molar-refractivity contribution in [3.63, 3.8) is 0 Å². The van der Waals surface area contributed by atoms with Gasteiger partial charge in [0.15, 0.2) is 0 Å². The number of rotatable bonds is 43. The summed E-state index contributed by atoms with van der Waals surface area (Å²) in [5.74, 6) is -0.594. The van der Waals surface area contributed by atoms with Gasteiger partial charge in [-0.3, -0.25) is 28.8 Å². The molecule has 61 heavy (non-hydrogen) atoms. The maximum Gasteiger partial charge on any atom is 0.306 e. The van der Waals surface area contributed by atoms with Crippen LogP contribution in [-0.4, -0.2) is 98.4 Å². The van der Waals surface area contributed by atoms with Crippen LogP contribution in [0.25, 0.3) is 0 Å². The number of nitrogens with one attached hydrogen (secondary N) is 5. The summed E-state index contributed by atoms with van der Waals surface area (Å²) in [5.41, 5.74) is 11.3. The number of amides is 5. The molecule has 0 aliphatic heterocycles. The molecule has 2 unspecified atom stereocenters. The van der Waals surface area contributed by atoms with Gasteiger partial charge in [-0.2, -0.15) is 0 Å². The fourth-order valence-electron chi connectivity index (χ4n) is 6.23. The van der Waals surface area contributed by atoms with Gasteiger partial charge in [-0.05, 0) is 51.5 Å². The minimum absolute atomic E-state index is 0.0515. The third-order valence-corrected chi connectivity index (χ3v) is 12.4. The average molecular weight is 900 g/mol. The molecule has 0 rings (SSSR count). The van der Waals surface area contributed by atoms with Gasteiger partial charge in [0.05, 0.1) is 6.04 Å². The molecule has 0 saturated carbocycles. The number of hydrogen-bond donors (Lipinski definition) is 7. The van der Waals surface area contributed by atoms with E-state index < -0.39 is 23.9 Å². The van der Waals surface area contributed by atoms with E-state index in [1.807, 2.05) is 12.2 Å². The molecule has 0 aromatic carbocycles. The van der Waals surface area contributed by atoms with Gasteiger partial charge in [0, 0.05) is 63.4 Å². The first-order valence-corrected chi connectivity index (χ1v) is 26.0. The van der Waals surface area contributed by atoms with Gasteiger partial charge in [-0.25, -0.2) is 0 Å². The van der Waals surface area contributed by atoms with Crippen molar-refractivity contribution in [2.24, 2.45) is 11.5 Å². The molecule has 0 heterocycles. The van der Waals surface area contributed by atoms with Gasteiger partial charge in [0.25, 0.3) is 0 Å². The van der Waals surface area contributed by atoms with Crippen LogP contribution < -0.4 is 38.1 Å². The number of unbranched alkanes of at least 4 members (excludes halogenated alkanes) is 15. The van der Waals surface area contributed by atoms with Crippen molar-refractivity contribution in [1.82, 2.24) is 26.6 Å². The Morgan fingerprint density at radius 3 is 1.70 bits per heavy atom. The van der Waals surface area contributed by atoms with E-state index in [1.54, 1.807) is 21.6 Å². The topological polar surface area (TPSA) is 224 Å². The van der Waals surface area contributed by atoms with Crippen molar-refractivity contribution in [1.29, 1.82) is 0 Å². The molecule has 5 amide bonds. The van der Waals surface area contributed by atoms with Crippen molar-refractivity contribution in [3.8, 4) is 0 Å². The molecule has 16 heteroatoms. The third kappa shape index (κ3) is 39.8. The van der Waals surface area contributed by atoms with Gasteiger partial charge < -0.3 is 42.8 Å². The van der Waals surface area contributed by atoms with Crippen molar-refractivity contribution in [3.05, 3.63) is 12.2 Å². The zero-order valence-corrected chi connectivity index (χ0v) is 39.6. The highest BCUT2D eigenvalue weighted by Gasteiger charge is 2.22. The molecule has 14 nitrogen and oxygen atoms in total. The highest BCUT2D eigenvalue weighted by atomic mass is 33.1. The molecule has 0 aromatic rings. The normalized spacial score (nSPS) is 12.1. The fraction of sp³-hybridized carbons (Fsp3) is 0.822. The second-order valence-electron chi connectivity index (χ2n) is 15.6. The second-order valence-corrected chi connectivity index (χ2v) is 18.3. The van der Waals surface area contributed by atoms with Gasteiger partial charge in [-0.15, -0.1) is 0 Å². The van der Waals surface area contributed by atoms with Gasteiger partial charge in [0.1, 0.15) is 12.6 Å². The Hall–Kier alpha value is -2.82. The molecule has 9 N–H and O–H groups in total. The van der Waals surface area contributed by atoms with Crippen LogP contribution in [0.15, 0.2) is 12.2 Å². The van der Waals surface area contributed by atoms with Gasteiger partial charge in [0.2, 0.25) is 29.5 Å². The first kappa shape index (κ1) is 58.2. The van der Waals surface area contributed by atoms with Crippen LogP contribution in [0.1, 0.15) is 174 Å². The Bertz CT molecular complexity index is 1180. The van der Waals surface area contributed by atoms with Crippen molar-refractivity contribution >= 4 is 57.1 Å². The Morgan fingerprint density at radius 2 is 1.07 bits per heavy atom. The van der Waals surface area contributed by atoms with E-state index >= 15 is 0 Å². The minimum atomic E-state index is -0.970. The predicted molar refractivity (Wildman–Crippen MR) is 253 cm³/mol. The molecule has 354 valence electrons. The third-order valence-electron chi connectivity index (χ3n) is 9.96. The number of ether oxygens (including phenoxy) is 1. The molecular weight excluding hydrogens is 815 g/mol. The van der Waals surface area contributed by atoms with E-state index in [1.165, 1.54) is 77.0 Å². The van der Waals surface area contributed by atoms with Crippen molar-refractivity contribution < 1.29 is 33.5 Å². The number of hydrogen-bond acceptors (Lipinski definition) is 11. The highest BCUT2D eigenvalue weighted by molar-refractivity contribution is 8.76. The van der Waals surface area contributed by atoms with Crippen LogP contribution in [0.3, 0.4) is 0 Å². The van der Waals surface area contributed by atoms with Crippen LogP contribution in [-0.2, 0) is 33.5 Å². The summed E-state index contributed by atoms with van der Waals surface area (Å²) in [4.78, 5) is 75.3. The number of carbonyl (C=O) groups excluding carboxylic acids is 6. The van der Waals surface area contributed by atoms with Gasteiger partial charge in [-0.1, -0.05) is 137 Å². The summed E-state index contributed by atoms with van der Waals surface area (Å²) in [5, 5.41) is 14.0. The SMILES string of the molecule is CCCCCC/C=C\COC(=O)CCCNC(=O)C(CCC(=O)NCCCCCCCCCCCCCC)NC(=O)CCC(=O)NCCSSCCNC(=O)C(N)CCCN. The van der Waals surface area contributed by atoms with E-state index in [4.69, 9.17) is 16.2 Å². The first-order valence-electron chi connectivity index (χ1n) is 23.5. The van der Waals surface area contributed by atoms with Gasteiger partial charge >= 0.3 is 5.97 Å². The molecule has 0 radical (unpaired) electrons. The first-order chi connectivity index (χ1) is 29.6. The Labute approximate surface area is 376 Å². The summed E-state index contributed by atoms with van der Waals surface area (Å²) in [6, 6.07) is -1.52. The van der Waals surface area contributed by atoms with E-state index in [2.05, 4.69) is 40.4 Å². The Morgan fingerprint density at radius 1 is 0.541 bits per heavy atom. The Balaban J connectivity index is 4.61. The smallest absolute Gasteiger partial charge is 0.306 e. The quantitative estimate of drug-likeness (QED) is 0.0152. The second kappa shape index (κ2) is 43.8. The van der Waals surface area contributed by atoms with E-state index in [0.29, 0.717) is 56.9 Å². The van der Waals surface area contributed by atoms with Crippen LogP contribution in [0, 0.1) is 0 Å². The molecule has 0 fully saturated rings. The largest absolute Gasteiger partial charge is 0.461 e. The lowest BCUT2D eigenvalue weighted by molar-refractivity contribution is -0.142. The van der Waals surface area contributed by atoms with Crippen LogP contribution in [0.4, 0.5) is 0 Å². The summed E-state index contributed by atoms with van der Waals surface area (Å²) >= 11 is 0. The van der Waals surface area contributed by atoms with Crippen molar-refractivity contribution in [2.75, 3.05) is 50.8 Å². The monoisotopic (exact) mass is 900 g/mol. The zero-order valence-electron chi connectivity index (χ0n) is 38.0. The van der Waals surface area contributed by atoms with Crippen LogP contribution in [0.2, 0.25) is 0 Å². The zero-order chi connectivity index (χ0) is 45.0. The molecule has 0 aliphatic carbocycles. The fourth-order valence-corrected chi connectivity index (χ4v) is 8.04. The predicted octanol–water partition coefficient (Wildman–Crippen LogP) is 6.50. The molecular formula is C45H85N7O7S2. The van der Waals surface area contributed by atoms with Crippen molar-refractivity contribution in [2.45, 2.75) is 186 Å². The number of nitrogens with two attached hydrogens (primary N) is 2. The minimum Gasteiger partial charge on any atom is -0.461 e. The number of allylic oxidation sites excluding steroid dienone is 1. The lowest BCUT2D eigenvalue weighted by atomic mass is 10.1. The maximum atomic E-state index is 13.2. The Kier molecular flexibility index (Phi) is 41.8. The standard InChI is InChI=1S/C45H85N7O7S2/c1-3-5-7-9-11-12-13-14-15-16-18-20-31-48-40(53)27-26-39(45(58)50-32-23-25-43(56)59-35-21-19-17-10-8-6-4-2)52-42(55)29-28-41(54)49-33-36-60-61-37-34-51-44(57)38(47)24-22-30-46/h19,21,38-39H,3-18,20,22-37,46-47H2,1-2H3,(H,48,53)(H,49,54)(H,50,58)(H,51,57)(H,52,55)/b21-19-. The van der Waals surface area contributed by atoms with Crippen LogP contribution >= 0.6 is 21.6 Å². The summed E-state index contributed by atoms with van der Waals surface area (Å²) in [6.45, 7) is 6.81. The molecule has 0 saturated heterocycles. The van der Waals surface area contributed by atoms with Crippen LogP contribution in [0.5, 0.6) is 0 Å². The van der Waals surface area contributed by atoms with E-state index in [0.717, 1.165) is 32.1 Å². The molecule has 0 aromatic heterocycles. The summed E-state index contributed by atoms with van der Waals surface area (Å²) in [7, 11) is 3.13. The lowest BCUT2D eigenvalue weighted by Gasteiger charge is -2.18. The highest BCUT2D eigenvalue weighted by Crippen LogP contribution is 2.19. The average Bonchev–Trinajstić information content (AvgIpc) is 3.25. The van der Waals surface area contributed by atoms with E-state index in [-0.39, 0.29) is 68.9 Å². The molecule has 0 aliphatic rings. The lowest BCUT2D eigenvalue weighted by Crippen LogP contribution is -2.47. The molecule has 0 bridgehead atoms. The van der Waals surface area contributed by atoms with E-state index in [9.17, 15) is 28.8 Å².